The topological polar surface area (TPSA) is 353 Å². The first kappa shape index (κ1) is 86.9. The van der Waals surface area contributed by atoms with Crippen molar-refractivity contribution in [3.63, 3.8) is 0 Å². The summed E-state index contributed by atoms with van der Waals surface area (Å²) >= 11 is 1.41. The predicted molar refractivity (Wildman–Crippen MR) is 425 cm³/mol. The third-order valence-corrected chi connectivity index (χ3v) is 21.4. The lowest BCUT2D eigenvalue weighted by Crippen LogP contribution is -2.63. The maximum atomic E-state index is 16.0. The summed E-state index contributed by atoms with van der Waals surface area (Å²) in [7, 11) is 0. The molecule has 11 amide bonds. The SMILES string of the molecule is CC[C@@H](C)[C@H]1NC(=O)[C@@H](Cc2cccs2)NC(=O)CC2(CCCCC2)CCC[C@@H](C(=O)N2CCC[C@H]2C(=O)N[C@@H](CCCNC(=O)OC(C)(C)C)C(=O)N[C@@H](Cc2ccc(OC(C)(C)C)cc2)C(N)=O)NC(=O)[C@H](CC(=O)NC(c2ccccc2)(c2ccccc2)c2ccccc2)NC(=O)[C@H]([C@H](C)OC(C)(C)C)NC1=O. The third kappa shape index (κ3) is 25.7. The van der Waals surface area contributed by atoms with Gasteiger partial charge in [0.2, 0.25) is 59.1 Å². The van der Waals surface area contributed by atoms with Gasteiger partial charge in [-0.05, 0) is 178 Å². The quantitative estimate of drug-likeness (QED) is 0.0192. The zero-order valence-corrected chi connectivity index (χ0v) is 67.4. The summed E-state index contributed by atoms with van der Waals surface area (Å²) in [6.45, 7) is 21.4. The molecule has 2 saturated heterocycles. The minimum Gasteiger partial charge on any atom is -0.488 e. The third-order valence-electron chi connectivity index (χ3n) is 20.5. The zero-order chi connectivity index (χ0) is 80.8. The van der Waals surface area contributed by atoms with E-state index in [4.69, 9.17) is 19.9 Å². The van der Waals surface area contributed by atoms with Crippen LogP contribution in [-0.4, -0.2) is 154 Å². The Bertz CT molecular complexity index is 3850. The number of hydrogen-bond donors (Lipinski definition) is 10. The van der Waals surface area contributed by atoms with Crippen LogP contribution >= 0.6 is 11.3 Å². The fourth-order valence-electron chi connectivity index (χ4n) is 15.0. The van der Waals surface area contributed by atoms with E-state index in [0.717, 1.165) is 24.1 Å². The predicted octanol–water partition coefficient (Wildman–Crippen LogP) is 9.16. The van der Waals surface area contributed by atoms with Crippen molar-refractivity contribution in [3.05, 3.63) is 160 Å². The Morgan fingerprint density at radius 2 is 1.21 bits per heavy atom. The molecule has 10 atom stereocenters. The maximum Gasteiger partial charge on any atom is 0.407 e. The second-order valence-corrected chi connectivity index (χ2v) is 33.9. The number of thiophene rings is 1. The van der Waals surface area contributed by atoms with Gasteiger partial charge in [0.15, 0.2) is 0 Å². The largest absolute Gasteiger partial charge is 0.488 e. The van der Waals surface area contributed by atoms with Crippen LogP contribution in [0.2, 0.25) is 0 Å². The fraction of sp³-hybridized carbons (Fsp3) is 0.541. The van der Waals surface area contributed by atoms with Gasteiger partial charge in [0.25, 0.3) is 0 Å². The van der Waals surface area contributed by atoms with Gasteiger partial charge in [-0.3, -0.25) is 47.9 Å². The van der Waals surface area contributed by atoms with Crippen molar-refractivity contribution in [3.8, 4) is 5.75 Å². The van der Waals surface area contributed by atoms with E-state index in [9.17, 15) is 24.0 Å². The highest BCUT2D eigenvalue weighted by Gasteiger charge is 2.45. The van der Waals surface area contributed by atoms with Gasteiger partial charge >= 0.3 is 6.09 Å². The first-order chi connectivity index (χ1) is 52.5. The zero-order valence-electron chi connectivity index (χ0n) is 66.6. The molecule has 1 aliphatic carbocycles. The van der Waals surface area contributed by atoms with Gasteiger partial charge in [-0.2, -0.15) is 0 Å². The highest BCUT2D eigenvalue weighted by molar-refractivity contribution is 7.09. The smallest absolute Gasteiger partial charge is 0.407 e. The van der Waals surface area contributed by atoms with E-state index in [0.29, 0.717) is 60.1 Å². The molecule has 25 nitrogen and oxygen atoms in total. The van der Waals surface area contributed by atoms with Crippen molar-refractivity contribution in [1.82, 2.24) is 52.8 Å². The number of likely N-dealkylation sites (tertiary alicyclic amines) is 1. The Labute approximate surface area is 657 Å². The molecule has 1 spiro atoms. The average molecular weight is 1550 g/mol. The molecular formula is C85H117N11O14S. The van der Waals surface area contributed by atoms with Crippen molar-refractivity contribution < 1.29 is 67.0 Å². The van der Waals surface area contributed by atoms with Crippen LogP contribution in [0.5, 0.6) is 5.75 Å². The van der Waals surface area contributed by atoms with E-state index in [1.807, 2.05) is 136 Å². The Kier molecular flexibility index (Phi) is 30.9. The van der Waals surface area contributed by atoms with Gasteiger partial charge in [0.1, 0.15) is 70.8 Å². The van der Waals surface area contributed by atoms with Crippen LogP contribution in [-0.2, 0) is 75.8 Å². The number of ether oxygens (including phenoxy) is 3. The lowest BCUT2D eigenvalue weighted by molar-refractivity contribution is -0.144. The summed E-state index contributed by atoms with van der Waals surface area (Å²) in [5.74, 6) is -7.46. The number of alkyl carbamates (subject to hydrolysis) is 1. The Balaban J connectivity index is 1.20. The van der Waals surface area contributed by atoms with E-state index in [-0.39, 0.29) is 64.5 Å². The summed E-state index contributed by atoms with van der Waals surface area (Å²) in [6, 6.07) is 27.4. The molecule has 0 unspecified atom stereocenters. The van der Waals surface area contributed by atoms with Gasteiger partial charge in [-0.1, -0.05) is 155 Å². The first-order valence-electron chi connectivity index (χ1n) is 39.2. The van der Waals surface area contributed by atoms with Crippen molar-refractivity contribution in [2.24, 2.45) is 17.1 Å². The number of nitrogens with zero attached hydrogens (tertiary/aromatic N) is 1. The maximum absolute atomic E-state index is 16.0. The molecule has 111 heavy (non-hydrogen) atoms. The molecule has 5 aromatic rings. The van der Waals surface area contributed by atoms with Crippen molar-refractivity contribution >= 4 is 76.5 Å². The lowest BCUT2D eigenvalue weighted by Gasteiger charge is -2.38. The molecule has 3 fully saturated rings. The molecule has 26 heteroatoms. The number of nitrogens with one attached hydrogen (secondary N) is 9. The Hall–Kier alpha value is -9.69. The molecule has 0 bridgehead atoms. The van der Waals surface area contributed by atoms with Crippen LogP contribution in [0.25, 0.3) is 0 Å². The monoisotopic (exact) mass is 1550 g/mol. The van der Waals surface area contributed by atoms with Crippen molar-refractivity contribution in [1.29, 1.82) is 0 Å². The summed E-state index contributed by atoms with van der Waals surface area (Å²) in [4.78, 5) is 167. The molecule has 4 aromatic carbocycles. The molecule has 602 valence electrons. The summed E-state index contributed by atoms with van der Waals surface area (Å²) < 4.78 is 17.9. The van der Waals surface area contributed by atoms with Gasteiger partial charge in [0.05, 0.1) is 18.1 Å². The Morgan fingerprint density at radius 3 is 1.77 bits per heavy atom. The number of nitrogens with two attached hydrogens (primary N) is 1. The van der Waals surface area contributed by atoms with Crippen LogP contribution in [0.4, 0.5) is 4.79 Å². The van der Waals surface area contributed by atoms with Gasteiger partial charge in [0, 0.05) is 37.2 Å². The van der Waals surface area contributed by atoms with Gasteiger partial charge in [-0.25, -0.2) is 4.79 Å². The molecule has 3 aliphatic rings. The van der Waals surface area contributed by atoms with Crippen molar-refractivity contribution in [2.75, 3.05) is 13.1 Å². The lowest BCUT2D eigenvalue weighted by atomic mass is 9.68. The van der Waals surface area contributed by atoms with Crippen molar-refractivity contribution in [2.45, 2.75) is 269 Å². The standard InChI is InChI=1S/C85H117N11O14S/c1-13-54(2)70-77(104)94-71(55(3)108-81(4,5)6)78(105)92-66(52-68(97)95-85(57-30-18-14-19-31-57,58-32-20-15-21-33-58)59-34-22-16-23-35-59)74(101)90-63(37-26-46-84(44-24-17-25-45-84)53-69(98)88-65(75(102)93-70)51-61-36-29-49-111-61)79(106)96-48-28-39-67(96)76(103)89-62(38-27-47-87-80(107)110-83(10,11)12)73(100)91-64(72(86)99)50-56-40-42-60(43-41-56)109-82(7,8)9/h14-16,18-23,29-36,40-43,49,54-55,62-67,70-71H,13,17,24-28,37-39,44-48,50-53H2,1-12H3,(H2,86,99)(H,87,107)(H,88,98)(H,89,103)(H,90,101)(H,91,100)(H,92,105)(H,93,102)(H,94,104)(H,95,97)/t54-,55+,62+,63+,64+,65-,66+,67+,70-,71+/m1/s1. The van der Waals surface area contributed by atoms with Crippen LogP contribution < -0.4 is 58.3 Å². The number of rotatable bonds is 25. The van der Waals surface area contributed by atoms with E-state index >= 15 is 28.8 Å². The minimum atomic E-state index is -1.82. The molecule has 1 aromatic heterocycles. The average Bonchev–Trinajstić information content (AvgIpc) is 1.20. The van der Waals surface area contributed by atoms with E-state index in [2.05, 4.69) is 47.9 Å². The highest BCUT2D eigenvalue weighted by Crippen LogP contribution is 2.44. The number of hydrogen-bond acceptors (Lipinski definition) is 15. The van der Waals surface area contributed by atoms with Crippen LogP contribution in [0.1, 0.15) is 207 Å². The molecule has 8 rings (SSSR count). The van der Waals surface area contributed by atoms with E-state index in [1.165, 1.54) is 16.2 Å². The van der Waals surface area contributed by atoms with Crippen LogP contribution in [0, 0.1) is 11.3 Å². The molecule has 0 radical (unpaired) electrons. The molecular weight excluding hydrogens is 1430 g/mol. The number of amides is 11. The molecule has 3 heterocycles. The summed E-state index contributed by atoms with van der Waals surface area (Å²) in [5, 5.41) is 28.2. The van der Waals surface area contributed by atoms with E-state index in [1.54, 1.807) is 79.7 Å². The second-order valence-electron chi connectivity index (χ2n) is 32.9. The van der Waals surface area contributed by atoms with Crippen LogP contribution in [0.3, 0.4) is 0 Å². The highest BCUT2D eigenvalue weighted by atomic mass is 32.1. The van der Waals surface area contributed by atoms with Gasteiger partial charge < -0.3 is 72.7 Å². The molecule has 2 aliphatic heterocycles. The number of benzene rings is 4. The van der Waals surface area contributed by atoms with Gasteiger partial charge in [-0.15, -0.1) is 11.3 Å². The molecule has 1 saturated carbocycles. The van der Waals surface area contributed by atoms with E-state index < -0.39 is 160 Å². The summed E-state index contributed by atoms with van der Waals surface area (Å²) in [6.07, 6.45) is 2.63. The fourth-order valence-corrected chi connectivity index (χ4v) is 15.8. The second kappa shape index (κ2) is 39.5. The minimum absolute atomic E-state index is 0.00895. The summed E-state index contributed by atoms with van der Waals surface area (Å²) in [5.41, 5.74) is 4.29. The Morgan fingerprint density at radius 1 is 0.622 bits per heavy atom. The number of carbonyl (C=O) groups excluding carboxylic acids is 11. The first-order valence-corrected chi connectivity index (χ1v) is 40.1. The number of carbonyl (C=O) groups is 11. The normalized spacial score (nSPS) is 21.1. The van der Waals surface area contributed by atoms with Crippen LogP contribution in [0.15, 0.2) is 133 Å². The molecule has 11 N–H and O–H groups in total. The number of primary amides is 1.